The summed E-state index contributed by atoms with van der Waals surface area (Å²) in [6.07, 6.45) is 5.80. The molecule has 0 bridgehead atoms. The molecule has 1 saturated heterocycles. The second kappa shape index (κ2) is 11.0. The zero-order valence-corrected chi connectivity index (χ0v) is 19.3. The number of likely N-dealkylation sites (tertiary alicyclic amines) is 1. The van der Waals surface area contributed by atoms with E-state index in [9.17, 15) is 4.79 Å². The maximum atomic E-state index is 13.0. The van der Waals surface area contributed by atoms with E-state index in [2.05, 4.69) is 29.8 Å². The minimum Gasteiger partial charge on any atom is -0.493 e. The SMILES string of the molecule is CCCCN(C)CC1CCN(CC(=O)N2CCc3cc(OC)c(OC)cc3C2)CC1. The van der Waals surface area contributed by atoms with Gasteiger partial charge in [-0.2, -0.15) is 0 Å². The van der Waals surface area contributed by atoms with Crippen LogP contribution in [0.4, 0.5) is 0 Å². The molecule has 1 fully saturated rings. The molecule has 3 rings (SSSR count). The Balaban J connectivity index is 1.47. The number of nitrogens with zero attached hydrogens (tertiary/aromatic N) is 3. The van der Waals surface area contributed by atoms with E-state index in [0.29, 0.717) is 13.1 Å². The lowest BCUT2D eigenvalue weighted by Gasteiger charge is -2.35. The minimum atomic E-state index is 0.244. The molecule has 2 aliphatic heterocycles. The monoisotopic (exact) mass is 417 g/mol. The molecule has 1 aromatic carbocycles. The van der Waals surface area contributed by atoms with Gasteiger partial charge >= 0.3 is 0 Å². The van der Waals surface area contributed by atoms with Gasteiger partial charge in [-0.05, 0) is 81.5 Å². The molecule has 30 heavy (non-hydrogen) atoms. The number of amides is 1. The van der Waals surface area contributed by atoms with Gasteiger partial charge in [-0.1, -0.05) is 13.3 Å². The van der Waals surface area contributed by atoms with Gasteiger partial charge in [0, 0.05) is 19.6 Å². The second-order valence-corrected chi connectivity index (χ2v) is 8.88. The largest absolute Gasteiger partial charge is 0.493 e. The molecular weight excluding hydrogens is 378 g/mol. The van der Waals surface area contributed by atoms with Crippen molar-refractivity contribution >= 4 is 5.91 Å². The van der Waals surface area contributed by atoms with Gasteiger partial charge in [-0.25, -0.2) is 0 Å². The van der Waals surface area contributed by atoms with Gasteiger partial charge in [0.05, 0.1) is 20.8 Å². The number of rotatable bonds is 9. The molecule has 0 atom stereocenters. The van der Waals surface area contributed by atoms with Crippen LogP contribution in [-0.2, 0) is 17.8 Å². The van der Waals surface area contributed by atoms with Crippen LogP contribution in [0.15, 0.2) is 12.1 Å². The maximum absolute atomic E-state index is 13.0. The van der Waals surface area contributed by atoms with Crippen molar-refractivity contribution in [1.82, 2.24) is 14.7 Å². The van der Waals surface area contributed by atoms with Gasteiger partial charge < -0.3 is 19.3 Å². The molecule has 0 spiro atoms. The van der Waals surface area contributed by atoms with Crippen molar-refractivity contribution < 1.29 is 14.3 Å². The van der Waals surface area contributed by atoms with Crippen LogP contribution in [0, 0.1) is 5.92 Å². The fraction of sp³-hybridized carbons (Fsp3) is 0.708. The molecule has 1 amide bonds. The molecule has 168 valence electrons. The average Bonchev–Trinajstić information content (AvgIpc) is 2.77. The van der Waals surface area contributed by atoms with Gasteiger partial charge in [-0.15, -0.1) is 0 Å². The number of benzene rings is 1. The van der Waals surface area contributed by atoms with Crippen molar-refractivity contribution in [2.45, 2.75) is 45.6 Å². The van der Waals surface area contributed by atoms with Crippen molar-refractivity contribution in [3.8, 4) is 11.5 Å². The summed E-state index contributed by atoms with van der Waals surface area (Å²) in [7, 11) is 5.56. The average molecular weight is 418 g/mol. The summed E-state index contributed by atoms with van der Waals surface area (Å²) in [5.74, 6) is 2.51. The van der Waals surface area contributed by atoms with Gasteiger partial charge in [0.1, 0.15) is 0 Å². The summed E-state index contributed by atoms with van der Waals surface area (Å²) in [6, 6.07) is 4.08. The molecule has 0 aromatic heterocycles. The number of carbonyl (C=O) groups excluding carboxylic acids is 1. The van der Waals surface area contributed by atoms with Crippen LogP contribution in [0.3, 0.4) is 0 Å². The smallest absolute Gasteiger partial charge is 0.237 e. The number of piperidine rings is 1. The Morgan fingerprint density at radius 1 is 1.10 bits per heavy atom. The highest BCUT2D eigenvalue weighted by atomic mass is 16.5. The van der Waals surface area contributed by atoms with Crippen LogP contribution < -0.4 is 9.47 Å². The van der Waals surface area contributed by atoms with Crippen molar-refractivity contribution in [2.24, 2.45) is 5.92 Å². The Bertz CT molecular complexity index is 701. The first-order valence-electron chi connectivity index (χ1n) is 11.5. The zero-order valence-electron chi connectivity index (χ0n) is 19.3. The number of methoxy groups -OCH3 is 2. The zero-order chi connectivity index (χ0) is 21.5. The van der Waals surface area contributed by atoms with Gasteiger partial charge in [-0.3, -0.25) is 9.69 Å². The molecule has 0 saturated carbocycles. The number of carbonyl (C=O) groups is 1. The summed E-state index contributed by atoms with van der Waals surface area (Å²) >= 11 is 0. The third-order valence-electron chi connectivity index (χ3n) is 6.60. The van der Waals surface area contributed by atoms with Crippen LogP contribution in [0.2, 0.25) is 0 Å². The fourth-order valence-electron chi connectivity index (χ4n) is 4.67. The van der Waals surface area contributed by atoms with Crippen LogP contribution in [0.1, 0.15) is 43.7 Å². The highest BCUT2D eigenvalue weighted by Crippen LogP contribution is 2.33. The van der Waals surface area contributed by atoms with Crippen molar-refractivity contribution in [2.75, 3.05) is 60.5 Å². The first-order valence-corrected chi connectivity index (χ1v) is 11.5. The van der Waals surface area contributed by atoms with Crippen LogP contribution in [0.5, 0.6) is 11.5 Å². The number of hydrogen-bond donors (Lipinski definition) is 0. The van der Waals surface area contributed by atoms with Crippen LogP contribution in [0.25, 0.3) is 0 Å². The predicted molar refractivity (Wildman–Crippen MR) is 120 cm³/mol. The van der Waals surface area contributed by atoms with E-state index in [1.165, 1.54) is 49.9 Å². The lowest BCUT2D eigenvalue weighted by atomic mass is 9.96. The number of unbranched alkanes of at least 4 members (excludes halogenated alkanes) is 1. The number of fused-ring (bicyclic) bond motifs is 1. The molecule has 0 N–H and O–H groups in total. The van der Waals surface area contributed by atoms with Crippen molar-refractivity contribution in [1.29, 1.82) is 0 Å². The van der Waals surface area contributed by atoms with Gasteiger partial charge in [0.15, 0.2) is 11.5 Å². The molecule has 1 aromatic rings. The first kappa shape index (κ1) is 22.9. The van der Waals surface area contributed by atoms with Crippen LogP contribution in [-0.4, -0.2) is 81.1 Å². The van der Waals surface area contributed by atoms with Gasteiger partial charge in [0.2, 0.25) is 5.91 Å². The standard InChI is InChI=1S/C24H39N3O3/c1-5-6-10-25(2)16-19-7-11-26(12-8-19)18-24(28)27-13-9-20-14-22(29-3)23(30-4)15-21(20)17-27/h14-15,19H,5-13,16-18H2,1-4H3. The maximum Gasteiger partial charge on any atom is 0.237 e. The Labute approximate surface area is 182 Å². The summed E-state index contributed by atoms with van der Waals surface area (Å²) in [5.41, 5.74) is 2.42. The fourth-order valence-corrected chi connectivity index (χ4v) is 4.67. The van der Waals surface area contributed by atoms with E-state index in [-0.39, 0.29) is 5.91 Å². The van der Waals surface area contributed by atoms with E-state index < -0.39 is 0 Å². The normalized spacial score (nSPS) is 17.8. The Morgan fingerprint density at radius 3 is 2.40 bits per heavy atom. The minimum absolute atomic E-state index is 0.244. The highest BCUT2D eigenvalue weighted by molar-refractivity contribution is 5.78. The lowest BCUT2D eigenvalue weighted by Crippen LogP contribution is -2.45. The summed E-state index contributed by atoms with van der Waals surface area (Å²) in [4.78, 5) is 19.8. The number of hydrogen-bond acceptors (Lipinski definition) is 5. The third-order valence-corrected chi connectivity index (χ3v) is 6.60. The molecule has 6 heteroatoms. The van der Waals surface area contributed by atoms with E-state index in [0.717, 1.165) is 43.5 Å². The highest BCUT2D eigenvalue weighted by Gasteiger charge is 2.26. The lowest BCUT2D eigenvalue weighted by molar-refractivity contribution is -0.133. The Morgan fingerprint density at radius 2 is 1.77 bits per heavy atom. The van der Waals surface area contributed by atoms with Crippen molar-refractivity contribution in [3.05, 3.63) is 23.3 Å². The molecular formula is C24H39N3O3. The molecule has 2 heterocycles. The summed E-state index contributed by atoms with van der Waals surface area (Å²) in [6.45, 7) is 8.69. The van der Waals surface area contributed by atoms with Crippen molar-refractivity contribution in [3.63, 3.8) is 0 Å². The van der Waals surface area contributed by atoms with Gasteiger partial charge in [0.25, 0.3) is 0 Å². The van der Waals surface area contributed by atoms with E-state index in [1.807, 2.05) is 11.0 Å². The Hall–Kier alpha value is -1.79. The first-order chi connectivity index (χ1) is 14.5. The van der Waals surface area contributed by atoms with E-state index >= 15 is 0 Å². The molecule has 0 radical (unpaired) electrons. The van der Waals surface area contributed by atoms with E-state index in [4.69, 9.17) is 9.47 Å². The quantitative estimate of drug-likeness (QED) is 0.618. The molecule has 6 nitrogen and oxygen atoms in total. The van der Waals surface area contributed by atoms with E-state index in [1.54, 1.807) is 14.2 Å². The second-order valence-electron chi connectivity index (χ2n) is 8.88. The topological polar surface area (TPSA) is 45.2 Å². The third kappa shape index (κ3) is 5.88. The molecule has 0 unspecified atom stereocenters. The predicted octanol–water partition coefficient (Wildman–Crippen LogP) is 3.03. The number of ether oxygens (including phenoxy) is 2. The summed E-state index contributed by atoms with van der Waals surface area (Å²) < 4.78 is 10.9. The Kier molecular flexibility index (Phi) is 8.40. The molecule has 0 aliphatic carbocycles. The molecule has 2 aliphatic rings. The van der Waals surface area contributed by atoms with Crippen LogP contribution >= 0.6 is 0 Å². The summed E-state index contributed by atoms with van der Waals surface area (Å²) in [5, 5.41) is 0.